The van der Waals surface area contributed by atoms with Crippen molar-refractivity contribution in [2.24, 2.45) is 0 Å². The average molecular weight is 398 g/mol. The van der Waals surface area contributed by atoms with Crippen molar-refractivity contribution in [2.45, 2.75) is 38.9 Å². The maximum atomic E-state index is 14.8. The molecule has 0 radical (unpaired) electrons. The van der Waals surface area contributed by atoms with Crippen LogP contribution in [0, 0.1) is 12.7 Å². The third-order valence-electron chi connectivity index (χ3n) is 5.72. The summed E-state index contributed by atoms with van der Waals surface area (Å²) >= 11 is 0. The van der Waals surface area contributed by atoms with E-state index in [1.165, 1.54) is 0 Å². The number of rotatable bonds is 3. The van der Waals surface area contributed by atoms with Gasteiger partial charge in [0.25, 0.3) is 5.89 Å². The molecular weight excluding hydrogens is 375 g/mol. The largest absolute Gasteiger partial charge is 0.356 e. The fourth-order valence-electron chi connectivity index (χ4n) is 4.15. The first-order valence-electron chi connectivity index (χ1n) is 10.0. The van der Waals surface area contributed by atoms with Crippen molar-refractivity contribution in [3.63, 3.8) is 0 Å². The van der Waals surface area contributed by atoms with E-state index in [4.69, 9.17) is 19.0 Å². The van der Waals surface area contributed by atoms with Gasteiger partial charge in [-0.1, -0.05) is 12.1 Å². The van der Waals surface area contributed by atoms with E-state index in [0.29, 0.717) is 49.4 Å². The molecule has 0 N–H and O–H groups in total. The Bertz CT molecular complexity index is 1050. The summed E-state index contributed by atoms with van der Waals surface area (Å²) in [5.74, 6) is 0.783. The number of anilines is 1. The number of benzene rings is 1. The minimum Gasteiger partial charge on any atom is -0.356 e. The Labute approximate surface area is 167 Å². The average Bonchev–Trinajstić information content (AvgIpc) is 3.37. The van der Waals surface area contributed by atoms with Crippen LogP contribution in [0.2, 0.25) is 0 Å². The Morgan fingerprint density at radius 3 is 2.52 bits per heavy atom. The number of fused-ring (bicyclic) bond motifs is 1. The van der Waals surface area contributed by atoms with Gasteiger partial charge >= 0.3 is 0 Å². The van der Waals surface area contributed by atoms with Crippen molar-refractivity contribution < 1.29 is 18.4 Å². The molecule has 8 heteroatoms. The Balaban J connectivity index is 1.60. The van der Waals surface area contributed by atoms with Gasteiger partial charge in [0.15, 0.2) is 11.6 Å². The molecule has 0 atom stereocenters. The Hall–Kier alpha value is -2.58. The molecule has 0 unspecified atom stereocenters. The van der Waals surface area contributed by atoms with Crippen molar-refractivity contribution in [1.82, 2.24) is 15.1 Å². The monoisotopic (exact) mass is 398 g/mol. The zero-order valence-electron chi connectivity index (χ0n) is 16.6. The number of hydrogen-bond donors (Lipinski definition) is 0. The third-order valence-corrected chi connectivity index (χ3v) is 5.72. The molecule has 0 amide bonds. The smallest absolute Gasteiger partial charge is 0.261 e. The molecule has 1 spiro atoms. The Kier molecular flexibility index (Phi) is 4.48. The lowest BCUT2D eigenvalue weighted by Crippen LogP contribution is -2.45. The molecule has 0 saturated carbocycles. The summed E-state index contributed by atoms with van der Waals surface area (Å²) in [6.07, 6.45) is 2.20. The van der Waals surface area contributed by atoms with Gasteiger partial charge in [-0.25, -0.2) is 9.37 Å². The second-order valence-electron chi connectivity index (χ2n) is 7.60. The summed E-state index contributed by atoms with van der Waals surface area (Å²) in [5.41, 5.74) is 1.99. The summed E-state index contributed by atoms with van der Waals surface area (Å²) in [6, 6.07) is 5.42. The summed E-state index contributed by atoms with van der Waals surface area (Å²) < 4.78 is 31.9. The molecule has 152 valence electrons. The number of halogens is 1. The van der Waals surface area contributed by atoms with E-state index in [1.54, 1.807) is 13.0 Å². The molecule has 0 bridgehead atoms. The number of hydrogen-bond acceptors (Lipinski definition) is 7. The van der Waals surface area contributed by atoms with Crippen LogP contribution < -0.4 is 4.90 Å². The third kappa shape index (κ3) is 3.26. The van der Waals surface area contributed by atoms with E-state index in [-0.39, 0.29) is 5.82 Å². The van der Waals surface area contributed by atoms with E-state index in [0.717, 1.165) is 35.8 Å². The van der Waals surface area contributed by atoms with Gasteiger partial charge in [-0.3, -0.25) is 0 Å². The van der Waals surface area contributed by atoms with Crippen molar-refractivity contribution >= 4 is 16.7 Å². The molecule has 2 saturated heterocycles. The highest BCUT2D eigenvalue weighted by Gasteiger charge is 2.40. The molecule has 5 rings (SSSR count). The van der Waals surface area contributed by atoms with Crippen LogP contribution in [0.25, 0.3) is 22.4 Å². The predicted octanol–water partition coefficient (Wildman–Crippen LogP) is 3.64. The number of aromatic nitrogens is 3. The zero-order chi connectivity index (χ0) is 20.0. The predicted molar refractivity (Wildman–Crippen MR) is 105 cm³/mol. The Morgan fingerprint density at radius 2 is 1.86 bits per heavy atom. The van der Waals surface area contributed by atoms with Crippen LogP contribution in [-0.2, 0) is 15.9 Å². The highest BCUT2D eigenvalue weighted by molar-refractivity contribution is 5.88. The zero-order valence-corrected chi connectivity index (χ0v) is 16.6. The summed E-state index contributed by atoms with van der Waals surface area (Å²) in [7, 11) is 0. The molecule has 2 aliphatic heterocycles. The van der Waals surface area contributed by atoms with Gasteiger partial charge in [-0.2, -0.15) is 4.98 Å². The topological polar surface area (TPSA) is 73.5 Å². The molecule has 3 aromatic rings. The fraction of sp³-hybridized carbons (Fsp3) is 0.476. The van der Waals surface area contributed by atoms with Crippen LogP contribution in [0.3, 0.4) is 0 Å². The van der Waals surface area contributed by atoms with Crippen LogP contribution in [0.1, 0.15) is 31.2 Å². The highest BCUT2D eigenvalue weighted by Crippen LogP contribution is 2.37. The van der Waals surface area contributed by atoms with Gasteiger partial charge < -0.3 is 18.9 Å². The van der Waals surface area contributed by atoms with Crippen LogP contribution in [-0.4, -0.2) is 47.2 Å². The summed E-state index contributed by atoms with van der Waals surface area (Å²) in [4.78, 5) is 11.2. The molecule has 2 aliphatic rings. The van der Waals surface area contributed by atoms with Crippen LogP contribution >= 0.6 is 0 Å². The quantitative estimate of drug-likeness (QED) is 0.667. The minimum absolute atomic E-state index is 0.315. The first-order chi connectivity index (χ1) is 14.1. The maximum Gasteiger partial charge on any atom is 0.261 e. The lowest BCUT2D eigenvalue weighted by Gasteiger charge is -2.38. The van der Waals surface area contributed by atoms with Crippen molar-refractivity contribution in [2.75, 3.05) is 31.2 Å². The van der Waals surface area contributed by atoms with Gasteiger partial charge in [-0.15, -0.1) is 0 Å². The number of nitrogens with zero attached hydrogens (tertiary/aromatic N) is 4. The van der Waals surface area contributed by atoms with Crippen LogP contribution in [0.4, 0.5) is 10.2 Å². The molecule has 0 aliphatic carbocycles. The molecule has 2 fully saturated rings. The van der Waals surface area contributed by atoms with E-state index in [9.17, 15) is 4.39 Å². The number of ether oxygens (including phenoxy) is 2. The molecular formula is C21H23FN4O3. The van der Waals surface area contributed by atoms with Crippen molar-refractivity contribution in [3.8, 4) is 11.5 Å². The molecule has 4 heterocycles. The standard InChI is InChI=1S/C21H23FN4O3/c1-3-14-10-15-12-16(20-23-13(2)25-29-20)19(24-18(15)17(22)11-14)26-6-4-21(5-7-26)27-8-9-28-21/h10-12H,3-9H2,1-2H3. The number of pyridine rings is 1. The van der Waals surface area contributed by atoms with Gasteiger partial charge in [0.05, 0.1) is 18.8 Å². The summed E-state index contributed by atoms with van der Waals surface area (Å²) in [5, 5.41) is 4.65. The summed E-state index contributed by atoms with van der Waals surface area (Å²) in [6.45, 7) is 6.41. The van der Waals surface area contributed by atoms with E-state index < -0.39 is 5.79 Å². The number of piperidine rings is 1. The number of aryl methyl sites for hydroxylation is 2. The normalized spacial score (nSPS) is 18.8. The maximum absolute atomic E-state index is 14.8. The van der Waals surface area contributed by atoms with Gasteiger partial charge in [0.1, 0.15) is 17.2 Å². The lowest BCUT2D eigenvalue weighted by molar-refractivity contribution is -0.169. The molecule has 2 aromatic heterocycles. The van der Waals surface area contributed by atoms with E-state index in [2.05, 4.69) is 15.0 Å². The van der Waals surface area contributed by atoms with E-state index >= 15 is 0 Å². The first kappa shape index (κ1) is 18.4. The van der Waals surface area contributed by atoms with Crippen molar-refractivity contribution in [3.05, 3.63) is 35.4 Å². The second-order valence-corrected chi connectivity index (χ2v) is 7.60. The highest BCUT2D eigenvalue weighted by atomic mass is 19.1. The van der Waals surface area contributed by atoms with Gasteiger partial charge in [0, 0.05) is 31.3 Å². The van der Waals surface area contributed by atoms with Crippen molar-refractivity contribution in [1.29, 1.82) is 0 Å². The lowest BCUT2D eigenvalue weighted by atomic mass is 10.0. The first-order valence-corrected chi connectivity index (χ1v) is 10.0. The van der Waals surface area contributed by atoms with Crippen LogP contribution in [0.15, 0.2) is 22.7 Å². The minimum atomic E-state index is -0.490. The Morgan fingerprint density at radius 1 is 1.10 bits per heavy atom. The molecule has 29 heavy (non-hydrogen) atoms. The van der Waals surface area contributed by atoms with Gasteiger partial charge in [0.2, 0.25) is 0 Å². The molecule has 1 aromatic carbocycles. The van der Waals surface area contributed by atoms with E-state index in [1.807, 2.05) is 19.1 Å². The second kappa shape index (κ2) is 7.03. The fourth-order valence-corrected chi connectivity index (χ4v) is 4.15. The van der Waals surface area contributed by atoms with Crippen LogP contribution in [0.5, 0.6) is 0 Å². The SMILES string of the molecule is CCc1cc(F)c2nc(N3CCC4(CC3)OCCO4)c(-c3nc(C)no3)cc2c1. The molecule has 7 nitrogen and oxygen atoms in total. The van der Waals surface area contributed by atoms with Gasteiger partial charge in [-0.05, 0) is 37.1 Å².